The van der Waals surface area contributed by atoms with Crippen molar-refractivity contribution in [2.75, 3.05) is 59.3 Å². The SMILES string of the molecule is CC1CCCN(c2nc(C(F)(F)F)c(C(=O)Nc3ccc(N4CCN(c5ccccc5)CC4)nc3)o2)C1. The van der Waals surface area contributed by atoms with E-state index in [0.717, 1.165) is 44.8 Å². The molecular weight excluding hydrogens is 485 g/mol. The van der Waals surface area contributed by atoms with Gasteiger partial charge in [0.25, 0.3) is 11.9 Å². The first kappa shape index (κ1) is 24.9. The van der Waals surface area contributed by atoms with Gasteiger partial charge in [0.1, 0.15) is 5.82 Å². The molecule has 0 spiro atoms. The molecule has 8 nitrogen and oxygen atoms in total. The van der Waals surface area contributed by atoms with E-state index in [1.807, 2.05) is 25.1 Å². The zero-order chi connectivity index (χ0) is 26.0. The van der Waals surface area contributed by atoms with Crippen molar-refractivity contribution >= 4 is 29.1 Å². The highest BCUT2D eigenvalue weighted by molar-refractivity contribution is 6.03. The van der Waals surface area contributed by atoms with Crippen molar-refractivity contribution in [3.8, 4) is 0 Å². The van der Waals surface area contributed by atoms with Crippen LogP contribution >= 0.6 is 0 Å². The average molecular weight is 515 g/mol. The van der Waals surface area contributed by atoms with E-state index in [0.29, 0.717) is 19.0 Å². The van der Waals surface area contributed by atoms with Gasteiger partial charge in [0, 0.05) is 45.0 Å². The number of carbonyl (C=O) groups excluding carboxylic acids is 1. The molecule has 196 valence electrons. The molecule has 1 aromatic carbocycles. The summed E-state index contributed by atoms with van der Waals surface area (Å²) in [5, 5.41) is 2.47. The maximum Gasteiger partial charge on any atom is 0.437 e. The number of pyridine rings is 1. The van der Waals surface area contributed by atoms with Gasteiger partial charge in [-0.3, -0.25) is 4.79 Å². The van der Waals surface area contributed by atoms with E-state index < -0.39 is 23.5 Å². The van der Waals surface area contributed by atoms with Crippen molar-refractivity contribution in [2.45, 2.75) is 25.9 Å². The van der Waals surface area contributed by atoms with Crippen LogP contribution in [0.4, 0.5) is 36.4 Å². The van der Waals surface area contributed by atoms with Gasteiger partial charge in [-0.15, -0.1) is 0 Å². The number of rotatable bonds is 5. The Balaban J connectivity index is 1.25. The topological polar surface area (TPSA) is 77.7 Å². The second-order valence-electron chi connectivity index (χ2n) is 9.53. The van der Waals surface area contributed by atoms with Crippen LogP contribution in [-0.4, -0.2) is 55.1 Å². The molecule has 2 aliphatic heterocycles. The summed E-state index contributed by atoms with van der Waals surface area (Å²) in [7, 11) is 0. The number of piperazine rings is 1. The fourth-order valence-electron chi connectivity index (χ4n) is 4.82. The molecule has 0 radical (unpaired) electrons. The van der Waals surface area contributed by atoms with Crippen molar-refractivity contribution in [3.05, 3.63) is 60.1 Å². The zero-order valence-electron chi connectivity index (χ0n) is 20.5. The summed E-state index contributed by atoms with van der Waals surface area (Å²) in [6, 6.07) is 13.4. The third-order valence-electron chi connectivity index (χ3n) is 6.75. The van der Waals surface area contributed by atoms with Gasteiger partial charge in [0.2, 0.25) is 5.76 Å². The molecule has 1 atom stereocenters. The van der Waals surface area contributed by atoms with Crippen molar-refractivity contribution < 1.29 is 22.4 Å². The highest BCUT2D eigenvalue weighted by Crippen LogP contribution is 2.35. The quantitative estimate of drug-likeness (QED) is 0.519. The predicted molar refractivity (Wildman–Crippen MR) is 135 cm³/mol. The summed E-state index contributed by atoms with van der Waals surface area (Å²) in [4.78, 5) is 27.0. The normalized spacial score (nSPS) is 18.7. The number of aromatic nitrogens is 2. The Morgan fingerprint density at radius 2 is 1.73 bits per heavy atom. The second kappa shape index (κ2) is 10.3. The molecule has 3 aromatic rings. The van der Waals surface area contributed by atoms with Crippen LogP contribution in [0.1, 0.15) is 36.0 Å². The standard InChI is InChI=1S/C26H29F3N6O2/c1-18-6-5-11-35(17-18)25-32-23(26(27,28)29)22(37-25)24(36)31-19-9-10-21(30-16-19)34-14-12-33(13-15-34)20-7-3-2-4-8-20/h2-4,7-10,16,18H,5-6,11-15,17H2,1H3,(H,31,36). The summed E-state index contributed by atoms with van der Waals surface area (Å²) in [5.41, 5.74) is 0.130. The van der Waals surface area contributed by atoms with Gasteiger partial charge in [-0.2, -0.15) is 18.2 Å². The maximum atomic E-state index is 13.7. The van der Waals surface area contributed by atoms with E-state index in [1.165, 1.54) is 11.9 Å². The molecule has 2 fully saturated rings. The molecule has 37 heavy (non-hydrogen) atoms. The summed E-state index contributed by atoms with van der Waals surface area (Å²) >= 11 is 0. The van der Waals surface area contributed by atoms with Gasteiger partial charge in [-0.1, -0.05) is 25.1 Å². The fraction of sp³-hybridized carbons (Fsp3) is 0.423. The fourth-order valence-corrected chi connectivity index (χ4v) is 4.82. The number of halogens is 3. The van der Waals surface area contributed by atoms with Crippen LogP contribution < -0.4 is 20.0 Å². The first-order chi connectivity index (χ1) is 17.8. The van der Waals surface area contributed by atoms with Gasteiger partial charge in [0.05, 0.1) is 11.9 Å². The summed E-state index contributed by atoms with van der Waals surface area (Å²) in [5.74, 6) is -0.815. The van der Waals surface area contributed by atoms with E-state index >= 15 is 0 Å². The van der Waals surface area contributed by atoms with E-state index in [4.69, 9.17) is 4.42 Å². The Morgan fingerprint density at radius 3 is 2.38 bits per heavy atom. The number of hydrogen-bond acceptors (Lipinski definition) is 7. The molecule has 0 aliphatic carbocycles. The highest BCUT2D eigenvalue weighted by Gasteiger charge is 2.42. The minimum Gasteiger partial charge on any atom is -0.417 e. The number of oxazole rings is 1. The van der Waals surface area contributed by atoms with Crippen LogP contribution in [-0.2, 0) is 6.18 Å². The molecule has 2 aliphatic rings. The molecule has 1 amide bonds. The Bertz CT molecular complexity index is 1210. The van der Waals surface area contributed by atoms with E-state index in [1.54, 1.807) is 17.0 Å². The first-order valence-electron chi connectivity index (χ1n) is 12.4. The molecule has 5 rings (SSSR count). The molecule has 4 heterocycles. The van der Waals surface area contributed by atoms with Crippen LogP contribution in [0.25, 0.3) is 0 Å². The van der Waals surface area contributed by atoms with Crippen LogP contribution in [0.3, 0.4) is 0 Å². The molecule has 2 saturated heterocycles. The number of alkyl halides is 3. The van der Waals surface area contributed by atoms with Gasteiger partial charge in [-0.25, -0.2) is 4.98 Å². The Morgan fingerprint density at radius 1 is 1.00 bits per heavy atom. The molecule has 0 bridgehead atoms. The van der Waals surface area contributed by atoms with Crippen LogP contribution in [0, 0.1) is 5.92 Å². The number of hydrogen-bond donors (Lipinski definition) is 1. The lowest BCUT2D eigenvalue weighted by atomic mass is 10.0. The number of amides is 1. The van der Waals surface area contributed by atoms with Crippen LogP contribution in [0.15, 0.2) is 53.1 Å². The lowest BCUT2D eigenvalue weighted by molar-refractivity contribution is -0.141. The minimum absolute atomic E-state index is 0.174. The smallest absolute Gasteiger partial charge is 0.417 e. The van der Waals surface area contributed by atoms with E-state index in [-0.39, 0.29) is 11.7 Å². The van der Waals surface area contributed by atoms with Crippen LogP contribution in [0.2, 0.25) is 0 Å². The molecule has 1 N–H and O–H groups in total. The van der Waals surface area contributed by atoms with Crippen molar-refractivity contribution in [1.29, 1.82) is 0 Å². The molecule has 0 saturated carbocycles. The zero-order valence-corrected chi connectivity index (χ0v) is 20.5. The van der Waals surface area contributed by atoms with Crippen LogP contribution in [0.5, 0.6) is 0 Å². The predicted octanol–water partition coefficient (Wildman–Crippen LogP) is 4.90. The number of piperidine rings is 1. The van der Waals surface area contributed by atoms with Gasteiger partial charge in [0.15, 0.2) is 5.69 Å². The summed E-state index contributed by atoms with van der Waals surface area (Å²) < 4.78 is 46.3. The van der Waals surface area contributed by atoms with Gasteiger partial charge < -0.3 is 24.4 Å². The minimum atomic E-state index is -4.82. The number of para-hydroxylation sites is 1. The lowest BCUT2D eigenvalue weighted by Crippen LogP contribution is -2.46. The highest BCUT2D eigenvalue weighted by atomic mass is 19.4. The van der Waals surface area contributed by atoms with Crippen molar-refractivity contribution in [2.24, 2.45) is 5.92 Å². The maximum absolute atomic E-state index is 13.7. The molecule has 1 unspecified atom stereocenters. The number of carbonyl (C=O) groups is 1. The molecule has 2 aromatic heterocycles. The average Bonchev–Trinajstić information content (AvgIpc) is 3.37. The van der Waals surface area contributed by atoms with E-state index in [9.17, 15) is 18.0 Å². The number of anilines is 4. The second-order valence-corrected chi connectivity index (χ2v) is 9.53. The number of benzene rings is 1. The van der Waals surface area contributed by atoms with Gasteiger partial charge >= 0.3 is 6.18 Å². The van der Waals surface area contributed by atoms with E-state index in [2.05, 4.69) is 37.2 Å². The monoisotopic (exact) mass is 514 g/mol. The Kier molecular flexibility index (Phi) is 6.94. The largest absolute Gasteiger partial charge is 0.437 e. The first-order valence-corrected chi connectivity index (χ1v) is 12.4. The lowest BCUT2D eigenvalue weighted by Gasteiger charge is -2.36. The Hall–Kier alpha value is -3.76. The number of nitrogens with zero attached hydrogens (tertiary/aromatic N) is 5. The van der Waals surface area contributed by atoms with Crippen molar-refractivity contribution in [1.82, 2.24) is 9.97 Å². The molecular formula is C26H29F3N6O2. The molecule has 11 heteroatoms. The summed E-state index contributed by atoms with van der Waals surface area (Å²) in [6.07, 6.45) is -1.57. The van der Waals surface area contributed by atoms with Gasteiger partial charge in [-0.05, 0) is 43.0 Å². The third kappa shape index (κ3) is 5.65. The van der Waals surface area contributed by atoms with Crippen molar-refractivity contribution in [3.63, 3.8) is 0 Å². The third-order valence-corrected chi connectivity index (χ3v) is 6.75. The Labute approximate surface area is 213 Å². The summed E-state index contributed by atoms with van der Waals surface area (Å²) in [6.45, 7) is 6.32. The number of nitrogens with one attached hydrogen (secondary N) is 1.